The standard InChI is InChI=1S/C25H26ClN3O4/c1-17-14-20(15-22(23(17)31-2)24(26)28-32-3)21(19-9-7-18(16-27)8-10-19)6-4-5-11-29-12-13-33-25(29)30/h6-10,14-15H,4-5,11-13H2,1-3H3/b21-6-,28-24?. The number of allylic oxidation sites excluding steroid dienone is 1. The van der Waals surface area contributed by atoms with Gasteiger partial charge < -0.3 is 19.2 Å². The predicted octanol–water partition coefficient (Wildman–Crippen LogP) is 5.09. The van der Waals surface area contributed by atoms with Crippen molar-refractivity contribution in [3.63, 3.8) is 0 Å². The van der Waals surface area contributed by atoms with E-state index in [9.17, 15) is 4.79 Å². The second kappa shape index (κ2) is 11.4. The average Bonchev–Trinajstić information content (AvgIpc) is 3.23. The number of ether oxygens (including phenoxy) is 2. The van der Waals surface area contributed by atoms with E-state index < -0.39 is 0 Å². The van der Waals surface area contributed by atoms with Crippen molar-refractivity contribution in [3.8, 4) is 11.8 Å². The molecule has 1 saturated heterocycles. The molecule has 0 radical (unpaired) electrons. The van der Waals surface area contributed by atoms with E-state index in [1.165, 1.54) is 7.11 Å². The molecule has 0 aromatic heterocycles. The summed E-state index contributed by atoms with van der Waals surface area (Å²) in [5.41, 5.74) is 4.98. The van der Waals surface area contributed by atoms with Gasteiger partial charge in [-0.2, -0.15) is 5.26 Å². The monoisotopic (exact) mass is 467 g/mol. The highest BCUT2D eigenvalue weighted by atomic mass is 35.5. The van der Waals surface area contributed by atoms with Gasteiger partial charge in [-0.1, -0.05) is 35.0 Å². The maximum absolute atomic E-state index is 11.7. The van der Waals surface area contributed by atoms with Crippen LogP contribution in [0.5, 0.6) is 5.75 Å². The summed E-state index contributed by atoms with van der Waals surface area (Å²) in [7, 11) is 3.02. The number of carbonyl (C=O) groups excluding carboxylic acids is 1. The SMILES string of the molecule is CON=C(Cl)c1cc(/C(=C\CCCN2CCOC2=O)c2ccc(C#N)cc2)cc(C)c1OC. The summed E-state index contributed by atoms with van der Waals surface area (Å²) in [5, 5.41) is 13.2. The molecule has 1 heterocycles. The van der Waals surface area contributed by atoms with Crippen LogP contribution in [-0.2, 0) is 9.57 Å². The molecule has 172 valence electrons. The van der Waals surface area contributed by atoms with Crippen molar-refractivity contribution in [2.75, 3.05) is 33.9 Å². The van der Waals surface area contributed by atoms with Crippen LogP contribution in [0.15, 0.2) is 47.6 Å². The minimum Gasteiger partial charge on any atom is -0.496 e. The summed E-state index contributed by atoms with van der Waals surface area (Å²) in [4.78, 5) is 18.2. The highest BCUT2D eigenvalue weighted by Gasteiger charge is 2.21. The number of hydrogen-bond acceptors (Lipinski definition) is 6. The summed E-state index contributed by atoms with van der Waals surface area (Å²) in [6.45, 7) is 3.65. The van der Waals surface area contributed by atoms with Crippen molar-refractivity contribution >= 4 is 28.4 Å². The fraction of sp³-hybridized carbons (Fsp3) is 0.320. The molecule has 0 bridgehead atoms. The second-order valence-corrected chi connectivity index (χ2v) is 7.85. The van der Waals surface area contributed by atoms with Crippen LogP contribution in [0.2, 0.25) is 0 Å². The van der Waals surface area contributed by atoms with Gasteiger partial charge in [-0.05, 0) is 66.3 Å². The Labute approximate surface area is 198 Å². The number of hydrogen-bond donors (Lipinski definition) is 0. The lowest BCUT2D eigenvalue weighted by Crippen LogP contribution is -2.25. The number of cyclic esters (lactones) is 1. The Balaban J connectivity index is 1.98. The van der Waals surface area contributed by atoms with E-state index in [1.807, 2.05) is 31.2 Å². The molecule has 3 rings (SSSR count). The Morgan fingerprint density at radius 2 is 2.03 bits per heavy atom. The number of carbonyl (C=O) groups is 1. The lowest BCUT2D eigenvalue weighted by atomic mass is 9.92. The van der Waals surface area contributed by atoms with E-state index in [0.717, 1.165) is 35.1 Å². The average molecular weight is 468 g/mol. The van der Waals surface area contributed by atoms with Crippen molar-refractivity contribution < 1.29 is 19.1 Å². The van der Waals surface area contributed by atoms with Gasteiger partial charge in [0.15, 0.2) is 5.17 Å². The number of unbranched alkanes of at least 4 members (excludes halogenated alkanes) is 1. The first-order valence-electron chi connectivity index (χ1n) is 10.6. The zero-order valence-electron chi connectivity index (χ0n) is 18.9. The summed E-state index contributed by atoms with van der Waals surface area (Å²) in [6, 6.07) is 13.5. The van der Waals surface area contributed by atoms with E-state index in [2.05, 4.69) is 17.3 Å². The topological polar surface area (TPSA) is 84.2 Å². The van der Waals surface area contributed by atoms with Crippen LogP contribution in [0, 0.1) is 18.3 Å². The van der Waals surface area contributed by atoms with Gasteiger partial charge in [-0.25, -0.2) is 4.79 Å². The van der Waals surface area contributed by atoms with Gasteiger partial charge in [0.1, 0.15) is 19.5 Å². The highest BCUT2D eigenvalue weighted by Crippen LogP contribution is 2.33. The predicted molar refractivity (Wildman–Crippen MR) is 128 cm³/mol. The number of nitrogens with zero attached hydrogens (tertiary/aromatic N) is 3. The Kier molecular flexibility index (Phi) is 8.34. The molecule has 1 aliphatic heterocycles. The summed E-state index contributed by atoms with van der Waals surface area (Å²) < 4.78 is 10.5. The summed E-state index contributed by atoms with van der Waals surface area (Å²) >= 11 is 6.38. The zero-order valence-corrected chi connectivity index (χ0v) is 19.7. The van der Waals surface area contributed by atoms with Crippen LogP contribution >= 0.6 is 11.6 Å². The maximum Gasteiger partial charge on any atom is 0.409 e. The number of benzene rings is 2. The number of rotatable bonds is 9. The van der Waals surface area contributed by atoms with Crippen LogP contribution < -0.4 is 4.74 Å². The Bertz CT molecular complexity index is 1100. The third kappa shape index (κ3) is 5.85. The molecule has 2 aromatic rings. The Hall–Kier alpha value is -3.50. The minimum atomic E-state index is -0.256. The molecule has 0 saturated carbocycles. The Morgan fingerprint density at radius 1 is 1.27 bits per heavy atom. The van der Waals surface area contributed by atoms with Gasteiger partial charge in [0, 0.05) is 6.54 Å². The first-order chi connectivity index (χ1) is 16.0. The number of oxime groups is 1. The second-order valence-electron chi connectivity index (χ2n) is 7.49. The quantitative estimate of drug-likeness (QED) is 0.291. The van der Waals surface area contributed by atoms with Gasteiger partial charge in [-0.3, -0.25) is 0 Å². The van der Waals surface area contributed by atoms with Crippen LogP contribution in [0.4, 0.5) is 4.79 Å². The van der Waals surface area contributed by atoms with Gasteiger partial charge in [0.05, 0.1) is 30.9 Å². The third-order valence-corrected chi connectivity index (χ3v) is 5.61. The highest BCUT2D eigenvalue weighted by molar-refractivity contribution is 6.69. The Morgan fingerprint density at radius 3 is 2.64 bits per heavy atom. The molecule has 0 aliphatic carbocycles. The van der Waals surface area contributed by atoms with E-state index in [4.69, 9.17) is 31.2 Å². The van der Waals surface area contributed by atoms with Crippen molar-refractivity contribution in [3.05, 3.63) is 70.3 Å². The van der Waals surface area contributed by atoms with Crippen LogP contribution in [0.3, 0.4) is 0 Å². The van der Waals surface area contributed by atoms with Crippen molar-refractivity contribution in [2.45, 2.75) is 19.8 Å². The minimum absolute atomic E-state index is 0.186. The zero-order chi connectivity index (χ0) is 23.8. The molecule has 33 heavy (non-hydrogen) atoms. The molecule has 2 aromatic carbocycles. The van der Waals surface area contributed by atoms with Crippen molar-refractivity contribution in [1.82, 2.24) is 4.90 Å². The molecule has 0 spiro atoms. The van der Waals surface area contributed by atoms with E-state index >= 15 is 0 Å². The molecule has 0 atom stereocenters. The van der Waals surface area contributed by atoms with Gasteiger partial charge >= 0.3 is 6.09 Å². The molecule has 7 nitrogen and oxygen atoms in total. The fourth-order valence-electron chi connectivity index (χ4n) is 3.77. The molecule has 8 heteroatoms. The number of amides is 1. The maximum atomic E-state index is 11.7. The van der Waals surface area contributed by atoms with Crippen LogP contribution in [-0.4, -0.2) is 50.1 Å². The van der Waals surface area contributed by atoms with E-state index in [-0.39, 0.29) is 11.3 Å². The molecule has 1 fully saturated rings. The van der Waals surface area contributed by atoms with Gasteiger partial charge in [0.25, 0.3) is 0 Å². The normalized spacial score (nSPS) is 14.2. The first kappa shape index (κ1) is 24.1. The number of aryl methyl sites for hydroxylation is 1. The van der Waals surface area contributed by atoms with Gasteiger partial charge in [0.2, 0.25) is 0 Å². The van der Waals surface area contributed by atoms with E-state index in [1.54, 1.807) is 24.1 Å². The smallest absolute Gasteiger partial charge is 0.409 e. The molecular formula is C25H26ClN3O4. The summed E-state index contributed by atoms with van der Waals surface area (Å²) in [5.74, 6) is 0.622. The molecule has 1 amide bonds. The van der Waals surface area contributed by atoms with E-state index in [0.29, 0.717) is 36.6 Å². The van der Waals surface area contributed by atoms with Crippen molar-refractivity contribution in [1.29, 1.82) is 5.26 Å². The summed E-state index contributed by atoms with van der Waals surface area (Å²) in [6.07, 6.45) is 3.42. The van der Waals surface area contributed by atoms with Crippen molar-refractivity contribution in [2.24, 2.45) is 5.16 Å². The lowest BCUT2D eigenvalue weighted by Gasteiger charge is -2.16. The largest absolute Gasteiger partial charge is 0.496 e. The van der Waals surface area contributed by atoms with Crippen LogP contribution in [0.1, 0.15) is 40.7 Å². The molecule has 0 unspecified atom stereocenters. The molecule has 1 aliphatic rings. The molecular weight excluding hydrogens is 442 g/mol. The number of halogens is 1. The third-order valence-electron chi connectivity index (χ3n) is 5.33. The molecule has 0 N–H and O–H groups in total. The lowest BCUT2D eigenvalue weighted by molar-refractivity contribution is 0.158. The number of nitriles is 1. The fourth-order valence-corrected chi connectivity index (χ4v) is 3.98. The number of methoxy groups -OCH3 is 1. The van der Waals surface area contributed by atoms with Crippen LogP contribution in [0.25, 0.3) is 5.57 Å². The first-order valence-corrected chi connectivity index (χ1v) is 10.9. The van der Waals surface area contributed by atoms with Gasteiger partial charge in [-0.15, -0.1) is 0 Å².